The molecule has 2 aromatic rings. The first-order valence-corrected chi connectivity index (χ1v) is 11.5. The van der Waals surface area contributed by atoms with Crippen LogP contribution in [0.15, 0.2) is 41.3 Å². The van der Waals surface area contributed by atoms with E-state index in [1.54, 1.807) is 30.0 Å². The molecule has 1 saturated heterocycles. The van der Waals surface area contributed by atoms with Crippen LogP contribution in [0.5, 0.6) is 0 Å². The van der Waals surface area contributed by atoms with Gasteiger partial charge in [-0.25, -0.2) is 12.8 Å². The van der Waals surface area contributed by atoms with Gasteiger partial charge in [0.05, 0.1) is 10.6 Å². The molecule has 2 heterocycles. The number of nitrogens with zero attached hydrogens (tertiary/aromatic N) is 2. The summed E-state index contributed by atoms with van der Waals surface area (Å²) in [6, 6.07) is 9.24. The molecule has 2 aliphatic rings. The number of amides is 1. The molecule has 0 saturated carbocycles. The molecule has 0 atom stereocenters. The van der Waals surface area contributed by atoms with Crippen LogP contribution in [-0.4, -0.2) is 38.3 Å². The first kappa shape index (κ1) is 20.0. The number of carbonyl (C=O) groups excluding carboxylic acids is 1. The molecular weight excluding hydrogens is 391 g/mol. The lowest BCUT2D eigenvalue weighted by Crippen LogP contribution is -2.37. The number of anilines is 1. The summed E-state index contributed by atoms with van der Waals surface area (Å²) >= 11 is 0. The fourth-order valence-corrected chi connectivity index (χ4v) is 5.69. The normalized spacial score (nSPS) is 17.8. The number of hydrogen-bond acceptors (Lipinski definition) is 3. The predicted molar refractivity (Wildman–Crippen MR) is 110 cm³/mol. The molecule has 154 valence electrons. The smallest absolute Gasteiger partial charge is 0.258 e. The first-order chi connectivity index (χ1) is 13.9. The van der Waals surface area contributed by atoms with E-state index < -0.39 is 10.0 Å². The van der Waals surface area contributed by atoms with Crippen LogP contribution in [0.25, 0.3) is 0 Å². The van der Waals surface area contributed by atoms with Crippen molar-refractivity contribution in [3.05, 3.63) is 58.9 Å². The van der Waals surface area contributed by atoms with Crippen LogP contribution in [0.2, 0.25) is 0 Å². The largest absolute Gasteiger partial charge is 0.308 e. The molecule has 1 fully saturated rings. The van der Waals surface area contributed by atoms with Gasteiger partial charge in [0.25, 0.3) is 5.91 Å². The fourth-order valence-electron chi connectivity index (χ4n) is 4.15. The minimum atomic E-state index is -3.63. The number of aryl methyl sites for hydroxylation is 2. The Balaban J connectivity index is 1.70. The van der Waals surface area contributed by atoms with Crippen LogP contribution < -0.4 is 4.90 Å². The minimum Gasteiger partial charge on any atom is -0.308 e. The van der Waals surface area contributed by atoms with E-state index in [0.717, 1.165) is 37.7 Å². The average molecular weight is 417 g/mol. The zero-order valence-corrected chi connectivity index (χ0v) is 17.3. The molecule has 1 amide bonds. The number of piperidine rings is 1. The number of benzene rings is 2. The van der Waals surface area contributed by atoms with Gasteiger partial charge in [-0.3, -0.25) is 4.79 Å². The van der Waals surface area contributed by atoms with Gasteiger partial charge in [-0.1, -0.05) is 18.6 Å². The maximum atomic E-state index is 13.8. The Morgan fingerprint density at radius 3 is 2.48 bits per heavy atom. The Labute approximate surface area is 171 Å². The molecule has 0 N–H and O–H groups in total. The summed E-state index contributed by atoms with van der Waals surface area (Å²) in [5, 5.41) is 0. The summed E-state index contributed by atoms with van der Waals surface area (Å²) in [6.45, 7) is 3.30. The second-order valence-corrected chi connectivity index (χ2v) is 9.71. The predicted octanol–water partition coefficient (Wildman–Crippen LogP) is 3.90. The van der Waals surface area contributed by atoms with Gasteiger partial charge in [0, 0.05) is 25.2 Å². The number of fused-ring (bicyclic) bond motifs is 1. The molecule has 0 unspecified atom stereocenters. The zero-order chi connectivity index (χ0) is 20.6. The highest BCUT2D eigenvalue weighted by Crippen LogP contribution is 2.31. The number of sulfonamides is 1. The van der Waals surface area contributed by atoms with E-state index in [2.05, 4.69) is 0 Å². The van der Waals surface area contributed by atoms with E-state index in [-0.39, 0.29) is 16.6 Å². The molecule has 2 aliphatic heterocycles. The van der Waals surface area contributed by atoms with Gasteiger partial charge in [0.2, 0.25) is 10.0 Å². The minimum absolute atomic E-state index is 0.143. The summed E-state index contributed by atoms with van der Waals surface area (Å²) in [6.07, 6.45) is 4.32. The quantitative estimate of drug-likeness (QED) is 0.763. The summed E-state index contributed by atoms with van der Waals surface area (Å²) in [7, 11) is -3.63. The molecule has 4 rings (SSSR count). The third-order valence-corrected chi connectivity index (χ3v) is 7.70. The van der Waals surface area contributed by atoms with Crippen molar-refractivity contribution in [3.8, 4) is 0 Å². The molecule has 0 aliphatic carbocycles. The summed E-state index contributed by atoms with van der Waals surface area (Å²) in [5.41, 5.74) is 2.56. The van der Waals surface area contributed by atoms with Gasteiger partial charge in [0.15, 0.2) is 0 Å². The van der Waals surface area contributed by atoms with Gasteiger partial charge >= 0.3 is 0 Å². The van der Waals surface area contributed by atoms with Crippen molar-refractivity contribution >= 4 is 21.6 Å². The molecule has 0 radical (unpaired) electrons. The Morgan fingerprint density at radius 1 is 0.966 bits per heavy atom. The Hall–Kier alpha value is -2.25. The van der Waals surface area contributed by atoms with Crippen LogP contribution in [0, 0.1) is 12.7 Å². The van der Waals surface area contributed by atoms with Crippen molar-refractivity contribution in [1.82, 2.24) is 4.31 Å². The van der Waals surface area contributed by atoms with Gasteiger partial charge < -0.3 is 4.90 Å². The Kier molecular flexibility index (Phi) is 5.44. The molecular formula is C22H25FN2O3S. The molecule has 5 nitrogen and oxygen atoms in total. The SMILES string of the molecule is Cc1ccc(S(=O)(=O)N2CCCCC2)cc1C(=O)N1CCCc2ccc(F)cc21. The van der Waals surface area contributed by atoms with Gasteiger partial charge in [-0.2, -0.15) is 4.31 Å². The van der Waals surface area contributed by atoms with Crippen molar-refractivity contribution < 1.29 is 17.6 Å². The van der Waals surface area contributed by atoms with E-state index in [1.807, 2.05) is 0 Å². The highest BCUT2D eigenvalue weighted by Gasteiger charge is 2.29. The molecule has 0 aromatic heterocycles. The highest BCUT2D eigenvalue weighted by molar-refractivity contribution is 7.89. The van der Waals surface area contributed by atoms with E-state index in [0.29, 0.717) is 36.4 Å². The van der Waals surface area contributed by atoms with Crippen LogP contribution in [0.3, 0.4) is 0 Å². The Bertz CT molecular complexity index is 1050. The maximum absolute atomic E-state index is 13.8. The van der Waals surface area contributed by atoms with Crippen molar-refractivity contribution in [1.29, 1.82) is 0 Å². The first-order valence-electron chi connectivity index (χ1n) is 10.1. The van der Waals surface area contributed by atoms with Crippen LogP contribution >= 0.6 is 0 Å². The van der Waals surface area contributed by atoms with Crippen LogP contribution in [0.1, 0.15) is 47.2 Å². The molecule has 2 aromatic carbocycles. The van der Waals surface area contributed by atoms with Crippen molar-refractivity contribution in [2.75, 3.05) is 24.5 Å². The lowest BCUT2D eigenvalue weighted by molar-refractivity contribution is 0.0984. The second kappa shape index (κ2) is 7.88. The number of carbonyl (C=O) groups is 1. The van der Waals surface area contributed by atoms with E-state index in [4.69, 9.17) is 0 Å². The van der Waals surface area contributed by atoms with Gasteiger partial charge in [-0.05, 0) is 68.0 Å². The third-order valence-electron chi connectivity index (χ3n) is 5.80. The van der Waals surface area contributed by atoms with Crippen LogP contribution in [0.4, 0.5) is 10.1 Å². The molecule has 0 spiro atoms. The van der Waals surface area contributed by atoms with Crippen molar-refractivity contribution in [2.24, 2.45) is 0 Å². The number of halogens is 1. The molecule has 29 heavy (non-hydrogen) atoms. The standard InChI is InChI=1S/C22H25FN2O3S/c1-16-7-10-19(29(27,28)24-11-3-2-4-12-24)15-20(16)22(26)25-13-5-6-17-8-9-18(23)14-21(17)25/h7-10,14-15H,2-6,11-13H2,1H3. The van der Waals surface area contributed by atoms with Crippen molar-refractivity contribution in [3.63, 3.8) is 0 Å². The summed E-state index contributed by atoms with van der Waals surface area (Å²) in [4.78, 5) is 15.1. The Morgan fingerprint density at radius 2 is 1.72 bits per heavy atom. The van der Waals surface area contributed by atoms with Gasteiger partial charge in [0.1, 0.15) is 5.82 Å². The lowest BCUT2D eigenvalue weighted by Gasteiger charge is -2.30. The topological polar surface area (TPSA) is 57.7 Å². The summed E-state index contributed by atoms with van der Waals surface area (Å²) < 4.78 is 41.4. The maximum Gasteiger partial charge on any atom is 0.258 e. The van der Waals surface area contributed by atoms with E-state index in [1.165, 1.54) is 22.5 Å². The fraction of sp³-hybridized carbons (Fsp3) is 0.409. The van der Waals surface area contributed by atoms with E-state index >= 15 is 0 Å². The van der Waals surface area contributed by atoms with Crippen LogP contribution in [-0.2, 0) is 16.4 Å². The zero-order valence-electron chi connectivity index (χ0n) is 16.5. The summed E-state index contributed by atoms with van der Waals surface area (Å²) in [5.74, 6) is -0.675. The monoisotopic (exact) mass is 416 g/mol. The third kappa shape index (κ3) is 3.81. The molecule has 7 heteroatoms. The molecule has 0 bridgehead atoms. The lowest BCUT2D eigenvalue weighted by atomic mass is 9.99. The number of hydrogen-bond donors (Lipinski definition) is 0. The average Bonchev–Trinajstić information content (AvgIpc) is 2.73. The van der Waals surface area contributed by atoms with Crippen molar-refractivity contribution in [2.45, 2.75) is 43.9 Å². The van der Waals surface area contributed by atoms with E-state index in [9.17, 15) is 17.6 Å². The van der Waals surface area contributed by atoms with Gasteiger partial charge in [-0.15, -0.1) is 0 Å². The second-order valence-electron chi connectivity index (χ2n) is 7.77. The number of rotatable bonds is 3. The highest BCUT2D eigenvalue weighted by atomic mass is 32.2.